The molecule has 2 atom stereocenters. The number of likely N-dealkylation sites (tertiary alicyclic amines) is 1. The Morgan fingerprint density at radius 1 is 1.22 bits per heavy atom. The molecule has 6 rings (SSSR count). The molecule has 0 saturated carbocycles. The number of carbonyl (C=O) groups excluding carboxylic acids is 5. The molecule has 194 valence electrons. The average molecular weight is 514 g/mol. The van der Waals surface area contributed by atoms with Gasteiger partial charge in [-0.15, -0.1) is 0 Å². The molecule has 0 bridgehead atoms. The van der Waals surface area contributed by atoms with Gasteiger partial charge in [0, 0.05) is 33.0 Å². The Balaban J connectivity index is 1.44. The van der Waals surface area contributed by atoms with Crippen LogP contribution >= 0.6 is 0 Å². The van der Waals surface area contributed by atoms with Gasteiger partial charge in [0.25, 0.3) is 5.91 Å². The fraction of sp³-hybridized carbons (Fsp3) is 0.478. The molecule has 1 aromatic heterocycles. The van der Waals surface area contributed by atoms with Crippen molar-refractivity contribution < 1.29 is 37.6 Å². The minimum absolute atomic E-state index is 0.104. The lowest BCUT2D eigenvalue weighted by Gasteiger charge is -2.54. The fourth-order valence-corrected chi connectivity index (χ4v) is 5.99. The molecule has 5 heterocycles. The zero-order valence-corrected chi connectivity index (χ0v) is 19.9. The Labute approximate surface area is 208 Å². The van der Waals surface area contributed by atoms with Crippen LogP contribution in [0.4, 0.5) is 14.9 Å². The summed E-state index contributed by atoms with van der Waals surface area (Å²) in [5.74, 6) is -3.07. The molecule has 4 aliphatic rings. The number of benzene rings is 1. The maximum absolute atomic E-state index is 16.0. The van der Waals surface area contributed by atoms with Gasteiger partial charge in [0.1, 0.15) is 0 Å². The van der Waals surface area contributed by atoms with Crippen LogP contribution < -0.4 is 20.9 Å². The number of amides is 6. The Hall–Kier alpha value is -4.07. The zero-order valence-electron chi connectivity index (χ0n) is 19.9. The highest BCUT2D eigenvalue weighted by Crippen LogP contribution is 2.48. The molecule has 0 unspecified atom stereocenters. The van der Waals surface area contributed by atoms with E-state index in [1.165, 1.54) is 17.9 Å². The van der Waals surface area contributed by atoms with Gasteiger partial charge in [-0.1, -0.05) is 5.16 Å². The van der Waals surface area contributed by atoms with Gasteiger partial charge in [-0.2, -0.15) is 0 Å². The molecule has 3 saturated heterocycles. The van der Waals surface area contributed by atoms with Crippen molar-refractivity contribution >= 4 is 46.3 Å². The van der Waals surface area contributed by atoms with Crippen LogP contribution in [-0.2, 0) is 25.5 Å². The number of imide groups is 2. The van der Waals surface area contributed by atoms with Crippen molar-refractivity contribution in [1.82, 2.24) is 26.0 Å². The summed E-state index contributed by atoms with van der Waals surface area (Å²) in [7, 11) is 0. The van der Waals surface area contributed by atoms with E-state index >= 15 is 4.39 Å². The zero-order chi connectivity index (χ0) is 26.2. The highest BCUT2D eigenvalue weighted by molar-refractivity contribution is 6.20. The van der Waals surface area contributed by atoms with E-state index < -0.39 is 47.1 Å². The van der Waals surface area contributed by atoms with E-state index in [-0.39, 0.29) is 67.0 Å². The SMILES string of the molecule is CC(=O)NC1CN(C(=O)c2noc3c(F)c4c(cc23)CC2(C(=O)NC(=O)NC2=O)[C@H]2[C@H](C)OCCN42)C1. The average Bonchev–Trinajstić information content (AvgIpc) is 3.23. The van der Waals surface area contributed by atoms with E-state index in [1.54, 1.807) is 11.8 Å². The number of hydrogen-bond donors (Lipinski definition) is 3. The van der Waals surface area contributed by atoms with Crippen molar-refractivity contribution in [2.75, 3.05) is 31.1 Å². The number of nitrogens with one attached hydrogen (secondary N) is 3. The number of carbonyl (C=O) groups is 5. The molecule has 13 nitrogen and oxygen atoms in total. The number of anilines is 1. The first-order valence-electron chi connectivity index (χ1n) is 11.8. The van der Waals surface area contributed by atoms with Crippen molar-refractivity contribution in [3.8, 4) is 0 Å². The number of hydrogen-bond acceptors (Lipinski definition) is 9. The smallest absolute Gasteiger partial charge is 0.328 e. The first kappa shape index (κ1) is 23.3. The van der Waals surface area contributed by atoms with E-state index in [0.29, 0.717) is 5.56 Å². The molecule has 14 heteroatoms. The van der Waals surface area contributed by atoms with Crippen molar-refractivity contribution in [1.29, 1.82) is 0 Å². The fourth-order valence-electron chi connectivity index (χ4n) is 5.99. The first-order chi connectivity index (χ1) is 17.6. The van der Waals surface area contributed by atoms with Crippen LogP contribution in [0.3, 0.4) is 0 Å². The second-order valence-electron chi connectivity index (χ2n) is 9.81. The van der Waals surface area contributed by atoms with Crippen LogP contribution in [0, 0.1) is 11.2 Å². The van der Waals surface area contributed by atoms with Crippen LogP contribution in [0.2, 0.25) is 0 Å². The minimum Gasteiger partial charge on any atom is -0.374 e. The summed E-state index contributed by atoms with van der Waals surface area (Å²) in [4.78, 5) is 65.7. The summed E-state index contributed by atoms with van der Waals surface area (Å²) in [5, 5.41) is 11.0. The van der Waals surface area contributed by atoms with Crippen LogP contribution in [-0.4, -0.2) is 84.1 Å². The number of rotatable bonds is 2. The van der Waals surface area contributed by atoms with Crippen LogP contribution in [0.25, 0.3) is 11.0 Å². The number of urea groups is 1. The summed E-state index contributed by atoms with van der Waals surface area (Å²) in [5.41, 5.74) is -1.67. The summed E-state index contributed by atoms with van der Waals surface area (Å²) < 4.78 is 27.0. The molecular weight excluding hydrogens is 491 g/mol. The van der Waals surface area contributed by atoms with Gasteiger partial charge < -0.3 is 24.4 Å². The molecule has 3 fully saturated rings. The number of morpholine rings is 1. The molecule has 37 heavy (non-hydrogen) atoms. The van der Waals surface area contributed by atoms with Gasteiger partial charge >= 0.3 is 6.03 Å². The quantitative estimate of drug-likeness (QED) is 0.446. The first-order valence-corrected chi connectivity index (χ1v) is 11.8. The third-order valence-corrected chi connectivity index (χ3v) is 7.56. The van der Waals surface area contributed by atoms with E-state index in [4.69, 9.17) is 9.26 Å². The maximum Gasteiger partial charge on any atom is 0.328 e. The maximum atomic E-state index is 16.0. The summed E-state index contributed by atoms with van der Waals surface area (Å²) in [6, 6.07) is -0.500. The summed E-state index contributed by atoms with van der Waals surface area (Å²) in [6.07, 6.45) is -0.876. The number of barbiturate groups is 1. The van der Waals surface area contributed by atoms with Gasteiger partial charge in [0.15, 0.2) is 16.9 Å². The Kier molecular flexibility index (Phi) is 5.02. The molecule has 2 aromatic rings. The van der Waals surface area contributed by atoms with Crippen LogP contribution in [0.1, 0.15) is 29.9 Å². The second kappa shape index (κ2) is 7.96. The predicted molar refractivity (Wildman–Crippen MR) is 122 cm³/mol. The van der Waals surface area contributed by atoms with Gasteiger partial charge in [-0.25, -0.2) is 9.18 Å². The number of fused-ring (bicyclic) bond motifs is 5. The molecule has 0 radical (unpaired) electrons. The second-order valence-corrected chi connectivity index (χ2v) is 9.81. The van der Waals surface area contributed by atoms with E-state index in [2.05, 4.69) is 21.1 Å². The third kappa shape index (κ3) is 3.24. The normalized spacial score (nSPS) is 24.8. The molecule has 3 N–H and O–H groups in total. The molecular formula is C23H23FN6O7. The van der Waals surface area contributed by atoms with Crippen LogP contribution in [0.5, 0.6) is 0 Å². The number of aromatic nitrogens is 1. The van der Waals surface area contributed by atoms with E-state index in [9.17, 15) is 24.0 Å². The van der Waals surface area contributed by atoms with Crippen LogP contribution in [0.15, 0.2) is 10.6 Å². The van der Waals surface area contributed by atoms with Gasteiger partial charge in [0.2, 0.25) is 23.3 Å². The van der Waals surface area contributed by atoms with Crippen molar-refractivity contribution in [3.63, 3.8) is 0 Å². The molecule has 1 spiro atoms. The lowest BCUT2D eigenvalue weighted by atomic mass is 9.66. The lowest BCUT2D eigenvalue weighted by Crippen LogP contribution is -2.74. The standard InChI is InChI=1S/C23H23FN6O7/c1-9-18-23(20(33)26-22(35)27-21(23)34)6-11-5-13-15(19(32)29-7-12(8-29)25-10(2)31)28-37-17(13)14(24)16(11)30(18)3-4-36-9/h5,9,12,18H,3-4,6-8H2,1-2H3,(H,25,31)(H2,26,27,33,34,35)/t9-,18+/m0/s1. The van der Waals surface area contributed by atoms with E-state index in [1.807, 2.05) is 0 Å². The molecule has 6 amide bonds. The van der Waals surface area contributed by atoms with Gasteiger partial charge in [-0.3, -0.25) is 29.8 Å². The highest BCUT2D eigenvalue weighted by atomic mass is 19.1. The molecule has 0 aliphatic carbocycles. The number of nitrogens with zero attached hydrogens (tertiary/aromatic N) is 3. The monoisotopic (exact) mass is 514 g/mol. The number of ether oxygens (including phenoxy) is 1. The molecule has 4 aliphatic heterocycles. The third-order valence-electron chi connectivity index (χ3n) is 7.56. The van der Waals surface area contributed by atoms with Crippen molar-refractivity contribution in [2.24, 2.45) is 5.41 Å². The number of halogens is 1. The van der Waals surface area contributed by atoms with Gasteiger partial charge in [0.05, 0.1) is 35.9 Å². The Bertz CT molecular complexity index is 1380. The highest BCUT2D eigenvalue weighted by Gasteiger charge is 2.63. The summed E-state index contributed by atoms with van der Waals surface area (Å²) >= 11 is 0. The molecule has 1 aromatic carbocycles. The van der Waals surface area contributed by atoms with Gasteiger partial charge in [-0.05, 0) is 18.6 Å². The Morgan fingerprint density at radius 2 is 1.92 bits per heavy atom. The topological polar surface area (TPSA) is 163 Å². The summed E-state index contributed by atoms with van der Waals surface area (Å²) in [6.45, 7) is 4.01. The Morgan fingerprint density at radius 3 is 2.59 bits per heavy atom. The lowest BCUT2D eigenvalue weighted by molar-refractivity contribution is -0.151. The van der Waals surface area contributed by atoms with Crippen molar-refractivity contribution in [3.05, 3.63) is 23.1 Å². The van der Waals surface area contributed by atoms with Crippen molar-refractivity contribution in [2.45, 2.75) is 38.5 Å². The largest absolute Gasteiger partial charge is 0.374 e. The minimum atomic E-state index is -1.77. The van der Waals surface area contributed by atoms with E-state index in [0.717, 1.165) is 0 Å². The predicted octanol–water partition coefficient (Wildman–Crippen LogP) is -0.570.